The molecule has 1 aromatic carbocycles. The third-order valence-corrected chi connectivity index (χ3v) is 3.82. The Morgan fingerprint density at radius 2 is 1.95 bits per heavy atom. The van der Waals surface area contributed by atoms with Crippen molar-refractivity contribution in [1.82, 2.24) is 4.98 Å². The fourth-order valence-electron chi connectivity index (χ4n) is 1.55. The van der Waals surface area contributed by atoms with Crippen molar-refractivity contribution in [3.8, 4) is 10.4 Å². The number of halogens is 4. The van der Waals surface area contributed by atoms with Crippen molar-refractivity contribution in [3.05, 3.63) is 39.4 Å². The molecule has 0 saturated heterocycles. The summed E-state index contributed by atoms with van der Waals surface area (Å²) in [5, 5.41) is 8.98. The van der Waals surface area contributed by atoms with E-state index in [0.717, 1.165) is 17.4 Å². The van der Waals surface area contributed by atoms with Crippen LogP contribution in [0.2, 0.25) is 0 Å². The maximum Gasteiger partial charge on any atom is 0.417 e. The van der Waals surface area contributed by atoms with E-state index >= 15 is 0 Å². The average molecular weight is 352 g/mol. The second-order valence-corrected chi connectivity index (χ2v) is 5.77. The van der Waals surface area contributed by atoms with E-state index in [-0.39, 0.29) is 14.4 Å². The standard InChI is InChI=1S/C11H5BrF3NO2S/c12-10-16-7(9(17)18)8(19-10)5-3-1-2-4-6(5)11(13,14)15/h1-4H,(H,17,18). The minimum Gasteiger partial charge on any atom is -0.476 e. The molecule has 1 aromatic heterocycles. The van der Waals surface area contributed by atoms with Gasteiger partial charge >= 0.3 is 12.1 Å². The highest BCUT2D eigenvalue weighted by molar-refractivity contribution is 9.11. The zero-order valence-electron chi connectivity index (χ0n) is 9.03. The lowest BCUT2D eigenvalue weighted by atomic mass is 10.0. The smallest absolute Gasteiger partial charge is 0.417 e. The Morgan fingerprint density at radius 1 is 1.32 bits per heavy atom. The molecule has 0 saturated carbocycles. The highest BCUT2D eigenvalue weighted by Crippen LogP contribution is 2.41. The Bertz CT molecular complexity index is 639. The number of aromatic nitrogens is 1. The summed E-state index contributed by atoms with van der Waals surface area (Å²) in [6, 6.07) is 4.82. The van der Waals surface area contributed by atoms with Gasteiger partial charge < -0.3 is 5.11 Å². The Labute approximate surface area is 117 Å². The average Bonchev–Trinajstić information content (AvgIpc) is 2.70. The van der Waals surface area contributed by atoms with Crippen LogP contribution in [0.1, 0.15) is 16.1 Å². The van der Waals surface area contributed by atoms with Gasteiger partial charge in [-0.1, -0.05) is 18.2 Å². The SMILES string of the molecule is O=C(O)c1nc(Br)sc1-c1ccccc1C(F)(F)F. The molecule has 100 valence electrons. The molecule has 0 bridgehead atoms. The van der Waals surface area contributed by atoms with Gasteiger partial charge in [0, 0.05) is 5.56 Å². The van der Waals surface area contributed by atoms with Gasteiger partial charge in [0.2, 0.25) is 0 Å². The molecule has 0 atom stereocenters. The minimum atomic E-state index is -4.55. The number of hydrogen-bond donors (Lipinski definition) is 1. The van der Waals surface area contributed by atoms with Crippen molar-refractivity contribution in [2.75, 3.05) is 0 Å². The highest BCUT2D eigenvalue weighted by Gasteiger charge is 2.35. The Morgan fingerprint density at radius 3 is 2.53 bits per heavy atom. The molecule has 0 amide bonds. The van der Waals surface area contributed by atoms with E-state index in [1.807, 2.05) is 0 Å². The van der Waals surface area contributed by atoms with Gasteiger partial charge in [-0.2, -0.15) is 13.2 Å². The fourth-order valence-corrected chi connectivity index (χ4v) is 3.04. The summed E-state index contributed by atoms with van der Waals surface area (Å²) in [6.45, 7) is 0. The molecule has 0 fully saturated rings. The van der Waals surface area contributed by atoms with Crippen molar-refractivity contribution in [2.24, 2.45) is 0 Å². The summed E-state index contributed by atoms with van der Waals surface area (Å²) < 4.78 is 38.9. The van der Waals surface area contributed by atoms with Crippen LogP contribution in [0.4, 0.5) is 13.2 Å². The molecular weight excluding hydrogens is 347 g/mol. The molecule has 1 heterocycles. The number of carbonyl (C=O) groups is 1. The molecule has 0 aliphatic rings. The molecule has 3 nitrogen and oxygen atoms in total. The van der Waals surface area contributed by atoms with Gasteiger partial charge in [-0.3, -0.25) is 0 Å². The predicted octanol–water partition coefficient (Wildman–Crippen LogP) is 4.29. The van der Waals surface area contributed by atoms with E-state index in [2.05, 4.69) is 20.9 Å². The van der Waals surface area contributed by atoms with E-state index in [1.165, 1.54) is 18.2 Å². The van der Waals surface area contributed by atoms with Crippen LogP contribution in [-0.4, -0.2) is 16.1 Å². The van der Waals surface area contributed by atoms with Crippen LogP contribution in [0.3, 0.4) is 0 Å². The normalized spacial score (nSPS) is 11.6. The number of benzene rings is 1. The third kappa shape index (κ3) is 2.79. The number of alkyl halides is 3. The van der Waals surface area contributed by atoms with Gasteiger partial charge in [-0.25, -0.2) is 9.78 Å². The van der Waals surface area contributed by atoms with Gasteiger partial charge in [0.25, 0.3) is 0 Å². The van der Waals surface area contributed by atoms with E-state index in [0.29, 0.717) is 0 Å². The quantitative estimate of drug-likeness (QED) is 0.877. The Hall–Kier alpha value is -1.41. The van der Waals surface area contributed by atoms with E-state index < -0.39 is 23.4 Å². The zero-order valence-corrected chi connectivity index (χ0v) is 11.4. The van der Waals surface area contributed by atoms with Crippen molar-refractivity contribution >= 4 is 33.2 Å². The highest BCUT2D eigenvalue weighted by atomic mass is 79.9. The molecule has 0 aliphatic carbocycles. The maximum absolute atomic E-state index is 12.9. The number of carboxylic acid groups (broad SMARTS) is 1. The van der Waals surface area contributed by atoms with E-state index in [1.54, 1.807) is 0 Å². The predicted molar refractivity (Wildman–Crippen MR) is 67.2 cm³/mol. The molecule has 0 radical (unpaired) electrons. The molecule has 2 aromatic rings. The topological polar surface area (TPSA) is 50.2 Å². The van der Waals surface area contributed by atoms with Crippen LogP contribution in [0.15, 0.2) is 28.2 Å². The molecule has 0 unspecified atom stereocenters. The summed E-state index contributed by atoms with van der Waals surface area (Å²) >= 11 is 3.84. The molecule has 0 aliphatic heterocycles. The number of aromatic carboxylic acids is 1. The third-order valence-electron chi connectivity index (χ3n) is 2.28. The lowest BCUT2D eigenvalue weighted by Gasteiger charge is -2.11. The van der Waals surface area contributed by atoms with Gasteiger partial charge in [0.15, 0.2) is 9.61 Å². The second-order valence-electron chi connectivity index (χ2n) is 3.49. The van der Waals surface area contributed by atoms with Crippen molar-refractivity contribution < 1.29 is 23.1 Å². The van der Waals surface area contributed by atoms with Gasteiger partial charge in [0.1, 0.15) is 0 Å². The molecule has 0 spiro atoms. The maximum atomic E-state index is 12.9. The first-order valence-corrected chi connectivity index (χ1v) is 6.48. The van der Waals surface area contributed by atoms with Crippen LogP contribution >= 0.6 is 27.3 Å². The summed E-state index contributed by atoms with van der Waals surface area (Å²) in [5.41, 5.74) is -1.46. The van der Waals surface area contributed by atoms with Crippen LogP contribution < -0.4 is 0 Å². The zero-order chi connectivity index (χ0) is 14.2. The fraction of sp³-hybridized carbons (Fsp3) is 0.0909. The van der Waals surface area contributed by atoms with Crippen LogP contribution in [0.5, 0.6) is 0 Å². The molecular formula is C11H5BrF3NO2S. The monoisotopic (exact) mass is 351 g/mol. The second kappa shape index (κ2) is 4.93. The van der Waals surface area contributed by atoms with Crippen molar-refractivity contribution in [1.29, 1.82) is 0 Å². The van der Waals surface area contributed by atoms with Crippen LogP contribution in [-0.2, 0) is 6.18 Å². The van der Waals surface area contributed by atoms with Crippen LogP contribution in [0, 0.1) is 0 Å². The Balaban J connectivity index is 2.70. The first kappa shape index (κ1) is 14.0. The number of hydrogen-bond acceptors (Lipinski definition) is 3. The summed E-state index contributed by atoms with van der Waals surface area (Å²) in [5.74, 6) is -1.37. The van der Waals surface area contributed by atoms with Gasteiger partial charge in [-0.15, -0.1) is 11.3 Å². The molecule has 8 heteroatoms. The minimum absolute atomic E-state index is 0.0210. The summed E-state index contributed by atoms with van der Waals surface area (Å²) in [7, 11) is 0. The van der Waals surface area contributed by atoms with Crippen LogP contribution in [0.25, 0.3) is 10.4 Å². The molecule has 19 heavy (non-hydrogen) atoms. The number of carboxylic acids is 1. The number of rotatable bonds is 2. The van der Waals surface area contributed by atoms with Crippen molar-refractivity contribution in [2.45, 2.75) is 6.18 Å². The van der Waals surface area contributed by atoms with Gasteiger partial charge in [0.05, 0.1) is 10.4 Å². The first-order valence-electron chi connectivity index (χ1n) is 4.87. The van der Waals surface area contributed by atoms with E-state index in [9.17, 15) is 18.0 Å². The molecule has 1 N–H and O–H groups in total. The lowest BCUT2D eigenvalue weighted by molar-refractivity contribution is -0.137. The number of thiazole rings is 1. The lowest BCUT2D eigenvalue weighted by Crippen LogP contribution is -2.08. The number of nitrogens with zero attached hydrogens (tertiary/aromatic N) is 1. The Kier molecular flexibility index (Phi) is 3.64. The summed E-state index contributed by atoms with van der Waals surface area (Å²) in [4.78, 5) is 14.7. The molecule has 2 rings (SSSR count). The van der Waals surface area contributed by atoms with Crippen molar-refractivity contribution in [3.63, 3.8) is 0 Å². The first-order chi connectivity index (χ1) is 8.80. The van der Waals surface area contributed by atoms with E-state index in [4.69, 9.17) is 5.11 Å². The summed E-state index contributed by atoms with van der Waals surface area (Å²) in [6.07, 6.45) is -4.55. The largest absolute Gasteiger partial charge is 0.476 e. The van der Waals surface area contributed by atoms with Gasteiger partial charge in [-0.05, 0) is 22.0 Å².